The Labute approximate surface area is 64.4 Å². The predicted octanol–water partition coefficient (Wildman–Crippen LogP) is 1.62. The highest BCUT2D eigenvalue weighted by atomic mass is 15.4. The fourth-order valence-electron chi connectivity index (χ4n) is 0.976. The van der Waals surface area contributed by atoms with E-state index in [4.69, 9.17) is 5.84 Å². The lowest BCUT2D eigenvalue weighted by Gasteiger charge is -2.25. The zero-order chi connectivity index (χ0) is 8.20. The lowest BCUT2D eigenvalue weighted by molar-refractivity contribution is 0.195. The van der Waals surface area contributed by atoms with Crippen LogP contribution in [0.1, 0.15) is 34.1 Å². The minimum absolute atomic E-state index is 0.323. The average Bonchev–Trinajstić information content (AvgIpc) is 1.59. The quantitative estimate of drug-likeness (QED) is 0.482. The van der Waals surface area contributed by atoms with Crippen molar-refractivity contribution in [3.63, 3.8) is 0 Å². The molecule has 0 aliphatic carbocycles. The van der Waals surface area contributed by atoms with E-state index >= 15 is 0 Å². The second kappa shape index (κ2) is 3.94. The highest BCUT2D eigenvalue weighted by Gasteiger charge is 2.12. The van der Waals surface area contributed by atoms with E-state index < -0.39 is 0 Å². The highest BCUT2D eigenvalue weighted by molar-refractivity contribution is 4.64. The number of hydrogen-bond donors (Lipinski definition) is 1. The molecule has 0 aromatic heterocycles. The predicted molar refractivity (Wildman–Crippen MR) is 45.5 cm³/mol. The maximum atomic E-state index is 5.70. The number of hydrogen-bond acceptors (Lipinski definition) is 2. The first kappa shape index (κ1) is 9.92. The van der Waals surface area contributed by atoms with E-state index in [1.807, 2.05) is 5.01 Å². The maximum absolute atomic E-state index is 5.70. The summed E-state index contributed by atoms with van der Waals surface area (Å²) in [6, 6.07) is 0. The molecule has 0 saturated carbocycles. The zero-order valence-corrected chi connectivity index (χ0v) is 7.65. The van der Waals surface area contributed by atoms with Crippen molar-refractivity contribution >= 4 is 0 Å². The minimum Gasteiger partial charge on any atom is -0.269 e. The van der Waals surface area contributed by atoms with Crippen molar-refractivity contribution in [1.29, 1.82) is 0 Å². The van der Waals surface area contributed by atoms with Crippen LogP contribution in [0.3, 0.4) is 0 Å². The van der Waals surface area contributed by atoms with Gasteiger partial charge in [-0.3, -0.25) is 5.84 Å². The maximum Gasteiger partial charge on any atom is 0.0177 e. The van der Waals surface area contributed by atoms with Crippen LogP contribution in [0.25, 0.3) is 0 Å². The smallest absolute Gasteiger partial charge is 0.0177 e. The van der Waals surface area contributed by atoms with Gasteiger partial charge < -0.3 is 0 Å². The topological polar surface area (TPSA) is 29.3 Å². The van der Waals surface area contributed by atoms with Gasteiger partial charge in [-0.05, 0) is 11.8 Å². The number of nitrogens with two attached hydrogens (primary N) is 1. The molecule has 0 heterocycles. The molecule has 62 valence electrons. The van der Waals surface area contributed by atoms with Gasteiger partial charge in [0.05, 0.1) is 0 Å². The van der Waals surface area contributed by atoms with Crippen LogP contribution in [0.5, 0.6) is 0 Å². The lowest BCUT2D eigenvalue weighted by atomic mass is 9.97. The molecule has 0 fully saturated rings. The summed E-state index contributed by atoms with van der Waals surface area (Å²) in [5.74, 6) is 5.70. The van der Waals surface area contributed by atoms with Crippen LogP contribution >= 0.6 is 0 Å². The van der Waals surface area contributed by atoms with Crippen molar-refractivity contribution < 1.29 is 0 Å². The van der Waals surface area contributed by atoms with Crippen LogP contribution in [0.2, 0.25) is 0 Å². The van der Waals surface area contributed by atoms with Gasteiger partial charge in [0.15, 0.2) is 0 Å². The molecule has 0 aliphatic rings. The summed E-state index contributed by atoms with van der Waals surface area (Å²) in [4.78, 5) is 0. The molecule has 0 bridgehead atoms. The van der Waals surface area contributed by atoms with Gasteiger partial charge in [-0.25, -0.2) is 5.01 Å². The Bertz CT molecular complexity index is 83.7. The second-order valence-electron chi connectivity index (χ2n) is 4.03. The first-order valence-corrected chi connectivity index (χ1v) is 3.95. The van der Waals surface area contributed by atoms with Crippen LogP contribution in [0.4, 0.5) is 0 Å². The molecule has 2 nitrogen and oxygen atoms in total. The fraction of sp³-hybridized carbons (Fsp3) is 1.00. The molecule has 0 rings (SSSR count). The van der Waals surface area contributed by atoms with Gasteiger partial charge >= 0.3 is 0 Å². The Morgan fingerprint density at radius 3 is 2.10 bits per heavy atom. The monoisotopic (exact) mass is 144 g/mol. The Kier molecular flexibility index (Phi) is 3.91. The molecule has 2 N–H and O–H groups in total. The Morgan fingerprint density at radius 2 is 1.80 bits per heavy atom. The summed E-state index contributed by atoms with van der Waals surface area (Å²) < 4.78 is 0. The molecule has 0 aromatic rings. The number of nitrogens with zero attached hydrogens (tertiary/aromatic N) is 1. The molecule has 0 atom stereocenters. The zero-order valence-electron chi connectivity index (χ0n) is 7.65. The second-order valence-corrected chi connectivity index (χ2v) is 4.03. The number of rotatable bonds is 3. The van der Waals surface area contributed by atoms with Gasteiger partial charge in [0.25, 0.3) is 0 Å². The highest BCUT2D eigenvalue weighted by Crippen LogP contribution is 2.12. The van der Waals surface area contributed by atoms with Gasteiger partial charge in [-0.15, -0.1) is 0 Å². The van der Waals surface area contributed by atoms with Crippen molar-refractivity contribution in [2.24, 2.45) is 11.3 Å². The molecule has 0 spiro atoms. The molecular formula is C8H20N2. The SMILES string of the molecule is CCCN(N)CC(C)(C)C. The summed E-state index contributed by atoms with van der Waals surface area (Å²) in [5.41, 5.74) is 0.323. The summed E-state index contributed by atoms with van der Waals surface area (Å²) >= 11 is 0. The fourth-order valence-corrected chi connectivity index (χ4v) is 0.976. The van der Waals surface area contributed by atoms with E-state index in [-0.39, 0.29) is 0 Å². The van der Waals surface area contributed by atoms with E-state index in [0.29, 0.717) is 5.41 Å². The van der Waals surface area contributed by atoms with Gasteiger partial charge in [0.2, 0.25) is 0 Å². The van der Waals surface area contributed by atoms with Crippen LogP contribution in [0, 0.1) is 5.41 Å². The van der Waals surface area contributed by atoms with Crippen LogP contribution in [-0.4, -0.2) is 18.1 Å². The van der Waals surface area contributed by atoms with Gasteiger partial charge in [-0.1, -0.05) is 27.7 Å². The molecule has 10 heavy (non-hydrogen) atoms. The number of hydrazine groups is 1. The van der Waals surface area contributed by atoms with Gasteiger partial charge in [0.1, 0.15) is 0 Å². The van der Waals surface area contributed by atoms with Gasteiger partial charge in [0, 0.05) is 13.1 Å². The third-order valence-electron chi connectivity index (χ3n) is 1.19. The Hall–Kier alpha value is -0.0800. The molecule has 0 radical (unpaired) electrons. The first-order chi connectivity index (χ1) is 4.45. The first-order valence-electron chi connectivity index (χ1n) is 3.95. The largest absolute Gasteiger partial charge is 0.269 e. The van der Waals surface area contributed by atoms with E-state index in [1.54, 1.807) is 0 Å². The Balaban J connectivity index is 3.47. The summed E-state index contributed by atoms with van der Waals surface area (Å²) in [5, 5.41) is 1.89. The summed E-state index contributed by atoms with van der Waals surface area (Å²) in [6.07, 6.45) is 1.13. The molecule has 0 amide bonds. The summed E-state index contributed by atoms with van der Waals surface area (Å²) in [6.45, 7) is 10.7. The normalized spacial score (nSPS) is 12.6. The van der Waals surface area contributed by atoms with Gasteiger partial charge in [-0.2, -0.15) is 0 Å². The molecule has 0 saturated heterocycles. The Morgan fingerprint density at radius 1 is 1.30 bits per heavy atom. The molecule has 0 unspecified atom stereocenters. The van der Waals surface area contributed by atoms with Crippen molar-refractivity contribution in [1.82, 2.24) is 5.01 Å². The van der Waals surface area contributed by atoms with Crippen LogP contribution < -0.4 is 5.84 Å². The van der Waals surface area contributed by atoms with E-state index in [1.165, 1.54) is 0 Å². The van der Waals surface area contributed by atoms with Crippen molar-refractivity contribution in [2.45, 2.75) is 34.1 Å². The molecule has 0 aliphatic heterocycles. The average molecular weight is 144 g/mol. The molecule has 0 aromatic carbocycles. The lowest BCUT2D eigenvalue weighted by Crippen LogP contribution is -2.38. The van der Waals surface area contributed by atoms with Crippen molar-refractivity contribution in [2.75, 3.05) is 13.1 Å². The standard InChI is InChI=1S/C8H20N2/c1-5-6-10(9)7-8(2,3)4/h5-7,9H2,1-4H3. The summed E-state index contributed by atoms with van der Waals surface area (Å²) in [7, 11) is 0. The van der Waals surface area contributed by atoms with Crippen molar-refractivity contribution in [3.05, 3.63) is 0 Å². The van der Waals surface area contributed by atoms with E-state index in [2.05, 4.69) is 27.7 Å². The van der Waals surface area contributed by atoms with Crippen molar-refractivity contribution in [3.8, 4) is 0 Å². The van der Waals surface area contributed by atoms with Crippen LogP contribution in [-0.2, 0) is 0 Å². The third kappa shape index (κ3) is 6.05. The third-order valence-corrected chi connectivity index (χ3v) is 1.19. The van der Waals surface area contributed by atoms with E-state index in [9.17, 15) is 0 Å². The molecule has 2 heteroatoms. The van der Waals surface area contributed by atoms with Crippen LogP contribution in [0.15, 0.2) is 0 Å². The van der Waals surface area contributed by atoms with E-state index in [0.717, 1.165) is 19.5 Å². The molecular weight excluding hydrogens is 124 g/mol. The minimum atomic E-state index is 0.323.